The zero-order valence-corrected chi connectivity index (χ0v) is 17.3. The van der Waals surface area contributed by atoms with E-state index in [-0.39, 0.29) is 42.4 Å². The minimum atomic E-state index is -4.63. The van der Waals surface area contributed by atoms with E-state index in [1.165, 1.54) is 6.20 Å². The summed E-state index contributed by atoms with van der Waals surface area (Å²) < 4.78 is 65.8. The van der Waals surface area contributed by atoms with Gasteiger partial charge in [-0.15, -0.1) is 0 Å². The number of hydrogen-bond donors (Lipinski definition) is 2. The average Bonchev–Trinajstić information content (AvgIpc) is 3.11. The van der Waals surface area contributed by atoms with Crippen LogP contribution in [-0.4, -0.2) is 46.7 Å². The number of allylic oxidation sites excluding steroid dienone is 1. The summed E-state index contributed by atoms with van der Waals surface area (Å²) in [6.07, 6.45) is -0.116. The van der Waals surface area contributed by atoms with Crippen LogP contribution in [0.15, 0.2) is 23.3 Å². The van der Waals surface area contributed by atoms with Gasteiger partial charge in [-0.25, -0.2) is 13.8 Å². The molecule has 3 fully saturated rings. The van der Waals surface area contributed by atoms with Gasteiger partial charge in [0.25, 0.3) is 5.92 Å². The van der Waals surface area contributed by atoms with Crippen LogP contribution in [0.25, 0.3) is 5.70 Å². The van der Waals surface area contributed by atoms with Crippen molar-refractivity contribution >= 4 is 17.2 Å². The van der Waals surface area contributed by atoms with Crippen molar-refractivity contribution in [3.8, 4) is 0 Å². The van der Waals surface area contributed by atoms with Gasteiger partial charge in [0.15, 0.2) is 0 Å². The first kappa shape index (κ1) is 22.0. The van der Waals surface area contributed by atoms with Crippen LogP contribution in [0.1, 0.15) is 37.8 Å². The van der Waals surface area contributed by atoms with Crippen molar-refractivity contribution in [2.24, 2.45) is 28.5 Å². The molecule has 2 aliphatic carbocycles. The Morgan fingerprint density at radius 1 is 1.26 bits per heavy atom. The van der Waals surface area contributed by atoms with Gasteiger partial charge in [0.05, 0.1) is 18.7 Å². The first-order chi connectivity index (χ1) is 14.4. The molecule has 2 saturated carbocycles. The van der Waals surface area contributed by atoms with Crippen LogP contribution in [-0.2, 0) is 6.18 Å². The van der Waals surface area contributed by atoms with E-state index in [9.17, 15) is 22.0 Å². The first-order valence-corrected chi connectivity index (χ1v) is 10.4. The number of anilines is 1. The Morgan fingerprint density at radius 3 is 2.39 bits per heavy atom. The molecule has 10 heteroatoms. The fourth-order valence-electron chi connectivity index (χ4n) is 4.98. The summed E-state index contributed by atoms with van der Waals surface area (Å²) in [6, 6.07) is 1.05. The largest absolute Gasteiger partial charge is 0.419 e. The lowest BCUT2D eigenvalue weighted by Crippen LogP contribution is -2.59. The van der Waals surface area contributed by atoms with Gasteiger partial charge in [0, 0.05) is 41.2 Å². The van der Waals surface area contributed by atoms with E-state index in [0.717, 1.165) is 24.6 Å². The minimum Gasteiger partial charge on any atom is -0.398 e. The van der Waals surface area contributed by atoms with Crippen LogP contribution in [0.5, 0.6) is 0 Å². The maximum atomic E-state index is 13.2. The van der Waals surface area contributed by atoms with Crippen molar-refractivity contribution < 1.29 is 22.0 Å². The summed E-state index contributed by atoms with van der Waals surface area (Å²) >= 11 is 0. The highest BCUT2D eigenvalue weighted by Crippen LogP contribution is 2.60. The normalized spacial score (nSPS) is 31.0. The highest BCUT2D eigenvalue weighted by atomic mass is 19.4. The van der Waals surface area contributed by atoms with E-state index in [1.807, 2.05) is 18.7 Å². The predicted molar refractivity (Wildman–Crippen MR) is 108 cm³/mol. The van der Waals surface area contributed by atoms with Crippen LogP contribution in [0.2, 0.25) is 0 Å². The number of nitrogens with two attached hydrogens (primary N) is 2. The molecule has 0 radical (unpaired) electrons. The van der Waals surface area contributed by atoms with E-state index in [2.05, 4.69) is 9.98 Å². The SMILES string of the molecule is CC(C)N=C(C=C(N)c1cnc(N)c(C(F)(F)F)c1)C1[C@H]2CC(N3CC(F)(F)C3)C[C@@H]12. The lowest BCUT2D eigenvalue weighted by atomic mass is 9.97. The highest BCUT2D eigenvalue weighted by Gasteiger charge is 2.60. The van der Waals surface area contributed by atoms with E-state index in [4.69, 9.17) is 11.5 Å². The molecule has 1 saturated heterocycles. The molecule has 2 unspecified atom stereocenters. The fraction of sp³-hybridized carbons (Fsp3) is 0.619. The molecule has 0 spiro atoms. The van der Waals surface area contributed by atoms with E-state index in [1.54, 1.807) is 6.08 Å². The van der Waals surface area contributed by atoms with Crippen molar-refractivity contribution in [1.82, 2.24) is 9.88 Å². The molecule has 4 atom stereocenters. The van der Waals surface area contributed by atoms with Crippen molar-refractivity contribution in [1.29, 1.82) is 0 Å². The number of fused-ring (bicyclic) bond motifs is 1. The number of pyridine rings is 1. The molecule has 3 aliphatic rings. The van der Waals surface area contributed by atoms with Crippen molar-refractivity contribution in [3.63, 3.8) is 0 Å². The quantitative estimate of drug-likeness (QED) is 0.536. The van der Waals surface area contributed by atoms with Gasteiger partial charge in [-0.1, -0.05) is 0 Å². The van der Waals surface area contributed by atoms with E-state index < -0.39 is 23.5 Å². The Bertz CT molecular complexity index is 903. The van der Waals surface area contributed by atoms with Crippen LogP contribution >= 0.6 is 0 Å². The Labute approximate surface area is 177 Å². The Hall–Kier alpha value is -2.23. The molecule has 0 aromatic carbocycles. The molecular formula is C21H26F5N5. The molecule has 4 rings (SSSR count). The molecule has 4 N–H and O–H groups in total. The molecule has 0 bridgehead atoms. The summed E-state index contributed by atoms with van der Waals surface area (Å²) in [4.78, 5) is 10.1. The number of aromatic nitrogens is 1. The molecule has 31 heavy (non-hydrogen) atoms. The average molecular weight is 443 g/mol. The maximum Gasteiger partial charge on any atom is 0.419 e. The Kier molecular flexibility index (Phi) is 5.27. The second-order valence-electron chi connectivity index (χ2n) is 9.14. The van der Waals surface area contributed by atoms with E-state index >= 15 is 0 Å². The van der Waals surface area contributed by atoms with Gasteiger partial charge in [-0.05, 0) is 50.7 Å². The van der Waals surface area contributed by atoms with Gasteiger partial charge < -0.3 is 11.5 Å². The van der Waals surface area contributed by atoms with Crippen LogP contribution in [0.3, 0.4) is 0 Å². The first-order valence-electron chi connectivity index (χ1n) is 10.4. The standard InChI is InChI=1S/C21H26F5N5/c1-10(2)30-17(6-16(27)11-3-15(21(24,25)26)19(28)29-7-11)18-13-4-12(5-14(13)18)31-8-20(22,23)9-31/h3,6-7,10,12-14,18H,4-5,8-9,27H2,1-2H3,(H2,28,29)/t12?,13-,14+,18?. The highest BCUT2D eigenvalue weighted by molar-refractivity contribution is 6.04. The second-order valence-corrected chi connectivity index (χ2v) is 9.14. The summed E-state index contributed by atoms with van der Waals surface area (Å²) in [7, 11) is 0. The number of aliphatic imine (C=N–C) groups is 1. The zero-order valence-electron chi connectivity index (χ0n) is 17.3. The number of alkyl halides is 5. The molecule has 1 aromatic heterocycles. The van der Waals surface area contributed by atoms with Crippen molar-refractivity contribution in [2.75, 3.05) is 18.8 Å². The second kappa shape index (κ2) is 7.43. The van der Waals surface area contributed by atoms with Gasteiger partial charge in [0.2, 0.25) is 0 Å². The monoisotopic (exact) mass is 443 g/mol. The van der Waals surface area contributed by atoms with Crippen LogP contribution in [0.4, 0.5) is 27.8 Å². The fourth-order valence-corrected chi connectivity index (χ4v) is 4.98. The van der Waals surface area contributed by atoms with Gasteiger partial charge >= 0.3 is 6.18 Å². The molecule has 1 aromatic rings. The zero-order chi connectivity index (χ0) is 22.7. The van der Waals surface area contributed by atoms with Crippen molar-refractivity contribution in [3.05, 3.63) is 29.5 Å². The Morgan fingerprint density at radius 2 is 1.87 bits per heavy atom. The number of rotatable bonds is 5. The van der Waals surface area contributed by atoms with Gasteiger partial charge in [-0.2, -0.15) is 13.2 Å². The molecule has 0 amide bonds. The minimum absolute atomic E-state index is 0.0134. The number of nitrogens with zero attached hydrogens (tertiary/aromatic N) is 3. The summed E-state index contributed by atoms with van der Waals surface area (Å²) in [5, 5.41) is 0. The molecule has 2 heterocycles. The Balaban J connectivity index is 1.50. The maximum absolute atomic E-state index is 13.2. The number of hydrogen-bond acceptors (Lipinski definition) is 5. The topological polar surface area (TPSA) is 80.5 Å². The summed E-state index contributed by atoms with van der Waals surface area (Å²) in [5.41, 5.74) is 11.5. The van der Waals surface area contributed by atoms with Gasteiger partial charge in [0.1, 0.15) is 5.82 Å². The predicted octanol–water partition coefficient (Wildman–Crippen LogP) is 3.81. The van der Waals surface area contributed by atoms with E-state index in [0.29, 0.717) is 11.8 Å². The van der Waals surface area contributed by atoms with Crippen LogP contribution in [0, 0.1) is 17.8 Å². The molecule has 1 aliphatic heterocycles. The number of halogens is 5. The van der Waals surface area contributed by atoms with Crippen LogP contribution < -0.4 is 11.5 Å². The van der Waals surface area contributed by atoms with Gasteiger partial charge in [-0.3, -0.25) is 9.89 Å². The lowest BCUT2D eigenvalue weighted by molar-refractivity contribution is -0.146. The third-order valence-corrected chi connectivity index (χ3v) is 6.41. The third-order valence-electron chi connectivity index (χ3n) is 6.41. The number of nitrogen functional groups attached to an aromatic ring is 1. The molecule has 5 nitrogen and oxygen atoms in total. The lowest BCUT2D eigenvalue weighted by Gasteiger charge is -2.43. The number of likely N-dealkylation sites (tertiary alicyclic amines) is 1. The molecule has 170 valence electrons. The third kappa shape index (κ3) is 4.40. The molecular weight excluding hydrogens is 417 g/mol. The summed E-state index contributed by atoms with van der Waals surface area (Å²) in [5.74, 6) is -2.33. The smallest absolute Gasteiger partial charge is 0.398 e. The summed E-state index contributed by atoms with van der Waals surface area (Å²) in [6.45, 7) is 3.49. The van der Waals surface area contributed by atoms with Crippen molar-refractivity contribution in [2.45, 2.75) is 50.9 Å².